The minimum atomic E-state index is -0.528. The van der Waals surface area contributed by atoms with Crippen LogP contribution in [0.25, 0.3) is 11.3 Å². The Hall–Kier alpha value is -1.85. The lowest BCUT2D eigenvalue weighted by molar-refractivity contribution is 0.264. The normalized spacial score (nSPS) is 11.9. The molecule has 0 saturated heterocycles. The predicted molar refractivity (Wildman–Crippen MR) is 66.4 cm³/mol. The molecule has 17 heavy (non-hydrogen) atoms. The van der Waals surface area contributed by atoms with Crippen LogP contribution in [0.3, 0.4) is 0 Å². The summed E-state index contributed by atoms with van der Waals surface area (Å²) in [6, 6.07) is 6.41. The molecule has 0 fully saturated rings. The second kappa shape index (κ2) is 5.47. The van der Waals surface area contributed by atoms with Gasteiger partial charge in [0.2, 0.25) is 0 Å². The third kappa shape index (κ3) is 2.64. The molecule has 0 amide bonds. The molecule has 2 rings (SSSR count). The predicted octanol–water partition coefficient (Wildman–Crippen LogP) is 1.41. The van der Waals surface area contributed by atoms with Crippen LogP contribution in [0, 0.1) is 0 Å². The summed E-state index contributed by atoms with van der Waals surface area (Å²) in [6.07, 6.45) is 1.58. The van der Waals surface area contributed by atoms with Crippen LogP contribution in [0.2, 0.25) is 0 Å². The van der Waals surface area contributed by atoms with Crippen molar-refractivity contribution in [2.24, 2.45) is 5.73 Å². The van der Waals surface area contributed by atoms with E-state index in [0.717, 1.165) is 0 Å². The van der Waals surface area contributed by atoms with Crippen LogP contribution >= 0.6 is 0 Å². The molecule has 0 saturated carbocycles. The Kier molecular flexibility index (Phi) is 4.25. The number of phenolic OH excluding ortho intramolecular Hbond substituents is 1. The maximum absolute atomic E-state index is 9.64. The highest BCUT2D eigenvalue weighted by Crippen LogP contribution is 2.27. The number of H-pyrrole nitrogens is 1. The number of para-hydroxylation sites is 1. The van der Waals surface area contributed by atoms with Crippen molar-refractivity contribution >= 4 is 0 Å². The first-order chi connectivity index (χ1) is 7.72. The number of imidazole rings is 1. The number of aromatic amines is 1. The van der Waals surface area contributed by atoms with Gasteiger partial charge in [0.1, 0.15) is 11.6 Å². The average molecular weight is 235 g/mol. The summed E-state index contributed by atoms with van der Waals surface area (Å²) in [5.74, 6) is 0.677. The highest BCUT2D eigenvalue weighted by atomic mass is 16.3. The second-order valence-electron chi connectivity index (χ2n) is 3.49. The third-order valence-corrected chi connectivity index (χ3v) is 2.34. The molecule has 0 aliphatic heterocycles. The number of hydrogen-bond donors (Lipinski definition) is 4. The number of hydrogen-bond acceptors (Lipinski definition) is 4. The van der Waals surface area contributed by atoms with E-state index in [1.54, 1.807) is 24.4 Å². The van der Waals surface area contributed by atoms with Crippen LogP contribution < -0.4 is 5.73 Å². The first-order valence-corrected chi connectivity index (χ1v) is 4.92. The zero-order valence-electron chi connectivity index (χ0n) is 8.59. The summed E-state index contributed by atoms with van der Waals surface area (Å²) < 4.78 is 0. The number of rotatable bonds is 3. The van der Waals surface area contributed by atoms with Crippen LogP contribution in [0.5, 0.6) is 5.75 Å². The van der Waals surface area contributed by atoms with Crippen molar-refractivity contribution in [3.8, 4) is 17.0 Å². The number of aliphatic hydroxyl groups excluding tert-OH is 1. The van der Waals surface area contributed by atoms with Crippen molar-refractivity contribution in [2.75, 3.05) is 6.61 Å². The molecular weight excluding hydrogens is 218 g/mol. The van der Waals surface area contributed by atoms with Gasteiger partial charge in [0, 0.05) is 5.56 Å². The van der Waals surface area contributed by atoms with Gasteiger partial charge in [0.05, 0.1) is 24.5 Å². The summed E-state index contributed by atoms with van der Waals surface area (Å²) in [5.41, 5.74) is 6.95. The van der Waals surface area contributed by atoms with Gasteiger partial charge in [-0.25, -0.2) is 4.98 Å². The molecule has 92 valence electrons. The molecule has 0 unspecified atom stereocenters. The van der Waals surface area contributed by atoms with Gasteiger partial charge in [0.15, 0.2) is 0 Å². The molecule has 1 aromatic heterocycles. The second-order valence-corrected chi connectivity index (χ2v) is 3.49. The van der Waals surface area contributed by atoms with Crippen LogP contribution in [-0.4, -0.2) is 26.8 Å². The molecule has 0 aliphatic rings. The minimum Gasteiger partial charge on any atom is -0.507 e. The first kappa shape index (κ1) is 13.2. The van der Waals surface area contributed by atoms with E-state index in [4.69, 9.17) is 10.8 Å². The molecule has 0 radical (unpaired) electrons. The molecule has 0 bridgehead atoms. The molecule has 1 aromatic carbocycles. The number of nitrogens with two attached hydrogens (primary N) is 1. The van der Waals surface area contributed by atoms with Crippen molar-refractivity contribution in [1.29, 1.82) is 0 Å². The molecule has 5 heteroatoms. The zero-order chi connectivity index (χ0) is 11.5. The first-order valence-electron chi connectivity index (χ1n) is 4.92. The van der Waals surface area contributed by atoms with Crippen molar-refractivity contribution in [1.82, 2.24) is 9.97 Å². The number of nitrogens with one attached hydrogen (secondary N) is 1. The summed E-state index contributed by atoms with van der Waals surface area (Å²) in [7, 11) is 0. The maximum Gasteiger partial charge on any atom is 0.125 e. The molecule has 2 aromatic rings. The Morgan fingerprint density at radius 1 is 1.35 bits per heavy atom. The zero-order valence-corrected chi connectivity index (χ0v) is 8.59. The van der Waals surface area contributed by atoms with Crippen molar-refractivity contribution in [2.45, 2.75) is 13.5 Å². The average Bonchev–Trinajstić information content (AvgIpc) is 2.78. The van der Waals surface area contributed by atoms with Crippen LogP contribution in [0.4, 0.5) is 0 Å². The topological polar surface area (TPSA) is 95.2 Å². The lowest BCUT2D eigenvalue weighted by Crippen LogP contribution is -2.15. The van der Waals surface area contributed by atoms with Gasteiger partial charge < -0.3 is 20.9 Å². The Labute approximate surface area is 99.9 Å². The van der Waals surface area contributed by atoms with E-state index in [0.29, 0.717) is 17.1 Å². The van der Waals surface area contributed by atoms with Gasteiger partial charge in [-0.15, -0.1) is 0 Å². The number of aromatic hydroxyl groups is 1. The fourth-order valence-corrected chi connectivity index (χ4v) is 1.45. The van der Waals surface area contributed by atoms with Gasteiger partial charge in [0.25, 0.3) is 0 Å². The van der Waals surface area contributed by atoms with Crippen LogP contribution in [0.15, 0.2) is 30.5 Å². The van der Waals surface area contributed by atoms with Crippen LogP contribution in [-0.2, 0) is 0 Å². The van der Waals surface area contributed by atoms with Gasteiger partial charge >= 0.3 is 0 Å². The molecule has 1 atom stereocenters. The van der Waals surface area contributed by atoms with Gasteiger partial charge in [-0.2, -0.15) is 0 Å². The summed E-state index contributed by atoms with van der Waals surface area (Å²) in [4.78, 5) is 7.02. The van der Waals surface area contributed by atoms with Crippen LogP contribution in [0.1, 0.15) is 19.3 Å². The third-order valence-electron chi connectivity index (χ3n) is 2.34. The van der Waals surface area contributed by atoms with E-state index >= 15 is 0 Å². The number of aromatic nitrogens is 2. The van der Waals surface area contributed by atoms with E-state index in [9.17, 15) is 5.11 Å². The minimum absolute atomic E-state index is 0. The molecule has 5 nitrogen and oxygen atoms in total. The van der Waals surface area contributed by atoms with Crippen molar-refractivity contribution < 1.29 is 10.2 Å². The Bertz CT molecular complexity index is 482. The van der Waals surface area contributed by atoms with Crippen molar-refractivity contribution in [3.05, 3.63) is 36.3 Å². The van der Waals surface area contributed by atoms with E-state index in [-0.39, 0.29) is 19.8 Å². The Morgan fingerprint density at radius 2 is 2.06 bits per heavy atom. The number of nitrogens with zero attached hydrogens (tertiary/aromatic N) is 1. The van der Waals surface area contributed by atoms with E-state index < -0.39 is 6.04 Å². The molecular formula is C12H17N3O2. The van der Waals surface area contributed by atoms with Gasteiger partial charge in [-0.3, -0.25) is 0 Å². The summed E-state index contributed by atoms with van der Waals surface area (Å²) in [6.45, 7) is -0.173. The Morgan fingerprint density at radius 3 is 2.71 bits per heavy atom. The SMILES string of the molecule is C.N[C@@H](CO)c1ncc(-c2ccccc2O)[nH]1. The molecule has 5 N–H and O–H groups in total. The monoisotopic (exact) mass is 235 g/mol. The van der Waals surface area contributed by atoms with E-state index in [1.807, 2.05) is 6.07 Å². The lowest BCUT2D eigenvalue weighted by Gasteiger charge is -2.03. The number of aliphatic hydroxyl groups is 1. The molecule has 1 heterocycles. The van der Waals surface area contributed by atoms with E-state index in [2.05, 4.69) is 9.97 Å². The van der Waals surface area contributed by atoms with Gasteiger partial charge in [-0.1, -0.05) is 19.6 Å². The summed E-state index contributed by atoms with van der Waals surface area (Å²) in [5, 5.41) is 18.5. The largest absolute Gasteiger partial charge is 0.507 e. The standard InChI is InChI=1S/C11H13N3O2.CH4/c12-8(6-15)11-13-5-9(14-11)7-3-1-2-4-10(7)16;/h1-5,8,15-16H,6,12H2,(H,13,14);1H4/t8-;/m0./s1. The maximum atomic E-state index is 9.64. The fourth-order valence-electron chi connectivity index (χ4n) is 1.45. The smallest absolute Gasteiger partial charge is 0.125 e. The highest BCUT2D eigenvalue weighted by molar-refractivity contribution is 5.66. The Balaban J connectivity index is 0.00000144. The fraction of sp³-hybridized carbons (Fsp3) is 0.250. The summed E-state index contributed by atoms with van der Waals surface area (Å²) >= 11 is 0. The quantitative estimate of drug-likeness (QED) is 0.647. The molecule has 0 aliphatic carbocycles. The number of benzene rings is 1. The van der Waals surface area contributed by atoms with E-state index in [1.165, 1.54) is 0 Å². The number of phenols is 1. The van der Waals surface area contributed by atoms with Gasteiger partial charge in [-0.05, 0) is 12.1 Å². The lowest BCUT2D eigenvalue weighted by atomic mass is 10.1. The molecule has 0 spiro atoms. The van der Waals surface area contributed by atoms with Crippen molar-refractivity contribution in [3.63, 3.8) is 0 Å². The highest BCUT2D eigenvalue weighted by Gasteiger charge is 2.11.